The van der Waals surface area contributed by atoms with Crippen molar-refractivity contribution in [2.45, 2.75) is 0 Å². The summed E-state index contributed by atoms with van der Waals surface area (Å²) in [5.74, 6) is -0.830. The summed E-state index contributed by atoms with van der Waals surface area (Å²) in [7, 11) is 0. The number of hydrogen-bond acceptors (Lipinski definition) is 3. The molecule has 2 aromatic heterocycles. The Morgan fingerprint density at radius 3 is 2.63 bits per heavy atom. The van der Waals surface area contributed by atoms with Gasteiger partial charge in [0.15, 0.2) is 0 Å². The van der Waals surface area contributed by atoms with Crippen LogP contribution >= 0.6 is 22.9 Å². The molecule has 4 rings (SSSR count). The second kappa shape index (κ2) is 7.34. The van der Waals surface area contributed by atoms with Crippen molar-refractivity contribution in [2.24, 2.45) is 0 Å². The summed E-state index contributed by atoms with van der Waals surface area (Å²) in [4.78, 5) is 13.8. The monoisotopic (exact) mass is 397 g/mol. The van der Waals surface area contributed by atoms with E-state index in [0.717, 1.165) is 16.6 Å². The number of carbonyl (C=O) groups is 1. The number of carbonyl (C=O) groups excluding carboxylic acids is 1. The molecule has 1 N–H and O–H groups in total. The second-order valence-electron chi connectivity index (χ2n) is 5.73. The van der Waals surface area contributed by atoms with Gasteiger partial charge in [0.1, 0.15) is 11.5 Å². The van der Waals surface area contributed by atoms with Crippen LogP contribution in [0.5, 0.6) is 0 Å². The van der Waals surface area contributed by atoms with Crippen molar-refractivity contribution < 1.29 is 9.18 Å². The van der Waals surface area contributed by atoms with Crippen LogP contribution in [0.2, 0.25) is 5.02 Å². The highest BCUT2D eigenvalue weighted by molar-refractivity contribution is 7.13. The quantitative estimate of drug-likeness (QED) is 0.484. The number of halogens is 2. The zero-order valence-electron chi connectivity index (χ0n) is 13.9. The highest BCUT2D eigenvalue weighted by Crippen LogP contribution is 2.29. The predicted octanol–water partition coefficient (Wildman–Crippen LogP) is 5.65. The first-order valence-electron chi connectivity index (χ1n) is 8.07. The molecule has 4 nitrogen and oxygen atoms in total. The molecule has 0 fully saturated rings. The van der Waals surface area contributed by atoms with Crippen molar-refractivity contribution in [1.82, 2.24) is 9.78 Å². The maximum atomic E-state index is 13.2. The minimum absolute atomic E-state index is 0.136. The Morgan fingerprint density at radius 1 is 1.11 bits per heavy atom. The highest BCUT2D eigenvalue weighted by atomic mass is 35.5. The van der Waals surface area contributed by atoms with Crippen molar-refractivity contribution in [1.29, 1.82) is 0 Å². The number of aromatic nitrogens is 2. The van der Waals surface area contributed by atoms with E-state index in [0.29, 0.717) is 16.9 Å². The van der Waals surface area contributed by atoms with Crippen molar-refractivity contribution in [3.05, 3.63) is 88.6 Å². The van der Waals surface area contributed by atoms with E-state index in [1.165, 1.54) is 23.5 Å². The van der Waals surface area contributed by atoms with Gasteiger partial charge in [0.05, 0.1) is 26.8 Å². The fourth-order valence-electron chi connectivity index (χ4n) is 2.63. The molecule has 134 valence electrons. The van der Waals surface area contributed by atoms with Gasteiger partial charge in [-0.25, -0.2) is 9.07 Å². The first kappa shape index (κ1) is 17.5. The summed E-state index contributed by atoms with van der Waals surface area (Å²) < 4.78 is 14.9. The number of thiophene rings is 1. The normalized spacial score (nSPS) is 10.7. The van der Waals surface area contributed by atoms with Gasteiger partial charge < -0.3 is 5.32 Å². The van der Waals surface area contributed by atoms with Crippen LogP contribution in [0.15, 0.2) is 72.2 Å². The molecule has 0 aliphatic rings. The number of para-hydroxylation sites is 1. The van der Waals surface area contributed by atoms with Gasteiger partial charge in [-0.05, 0) is 41.8 Å². The molecule has 0 radical (unpaired) electrons. The predicted molar refractivity (Wildman–Crippen MR) is 106 cm³/mol. The molecular weight excluding hydrogens is 385 g/mol. The molecule has 0 spiro atoms. The van der Waals surface area contributed by atoms with Crippen molar-refractivity contribution in [2.75, 3.05) is 5.32 Å². The van der Waals surface area contributed by atoms with Crippen LogP contribution in [0.3, 0.4) is 0 Å². The van der Waals surface area contributed by atoms with Crippen LogP contribution in [0.1, 0.15) is 10.4 Å². The molecule has 2 heterocycles. The van der Waals surface area contributed by atoms with Crippen LogP contribution < -0.4 is 5.32 Å². The number of rotatable bonds is 4. The lowest BCUT2D eigenvalue weighted by atomic mass is 10.2. The minimum atomic E-state index is -0.464. The molecular formula is C20H13ClFN3OS. The molecule has 27 heavy (non-hydrogen) atoms. The fourth-order valence-corrected chi connectivity index (χ4v) is 3.57. The second-order valence-corrected chi connectivity index (χ2v) is 7.08. The van der Waals surface area contributed by atoms with Gasteiger partial charge in [0.25, 0.3) is 5.91 Å². The van der Waals surface area contributed by atoms with E-state index in [2.05, 4.69) is 10.4 Å². The Balaban J connectivity index is 1.74. The summed E-state index contributed by atoms with van der Waals surface area (Å²) in [5, 5.41) is 9.39. The Bertz CT molecular complexity index is 1090. The Kier molecular flexibility index (Phi) is 4.75. The van der Waals surface area contributed by atoms with E-state index in [1.54, 1.807) is 10.9 Å². The molecule has 0 saturated heterocycles. The van der Waals surface area contributed by atoms with Gasteiger partial charge in [-0.1, -0.05) is 35.9 Å². The molecule has 0 unspecified atom stereocenters. The first-order chi connectivity index (χ1) is 13.1. The maximum absolute atomic E-state index is 13.2. The van der Waals surface area contributed by atoms with E-state index in [1.807, 2.05) is 47.8 Å². The molecule has 0 aliphatic heterocycles. The van der Waals surface area contributed by atoms with Crippen LogP contribution in [0.25, 0.3) is 16.3 Å². The summed E-state index contributed by atoms with van der Waals surface area (Å²) in [6, 6.07) is 17.2. The van der Waals surface area contributed by atoms with Gasteiger partial charge in [0.2, 0.25) is 0 Å². The van der Waals surface area contributed by atoms with Crippen molar-refractivity contribution >= 4 is 34.5 Å². The Labute approximate surface area is 163 Å². The molecule has 2 aromatic carbocycles. The number of anilines is 1. The van der Waals surface area contributed by atoms with E-state index < -0.39 is 5.82 Å². The minimum Gasteiger partial charge on any atom is -0.321 e. The number of hydrogen-bond donors (Lipinski definition) is 1. The first-order valence-corrected chi connectivity index (χ1v) is 9.33. The SMILES string of the molecule is O=C(Nc1ccc(F)cc1Cl)c1cn(-c2ccccc2)nc1-c1cccs1. The van der Waals surface area contributed by atoms with Gasteiger partial charge in [0, 0.05) is 6.20 Å². The lowest BCUT2D eigenvalue weighted by Crippen LogP contribution is -2.12. The van der Waals surface area contributed by atoms with Gasteiger partial charge >= 0.3 is 0 Å². The lowest BCUT2D eigenvalue weighted by Gasteiger charge is -2.07. The van der Waals surface area contributed by atoms with Crippen LogP contribution in [-0.4, -0.2) is 15.7 Å². The number of amides is 1. The molecule has 0 bridgehead atoms. The standard InChI is InChI=1S/C20H13ClFN3OS/c21-16-11-13(22)8-9-17(16)23-20(26)15-12-25(14-5-2-1-3-6-14)24-19(15)18-7-4-10-27-18/h1-12H,(H,23,26). The molecule has 1 amide bonds. The summed E-state index contributed by atoms with van der Waals surface area (Å²) in [6.45, 7) is 0. The van der Waals surface area contributed by atoms with Crippen LogP contribution in [0.4, 0.5) is 10.1 Å². The van der Waals surface area contributed by atoms with Gasteiger partial charge in [-0.15, -0.1) is 11.3 Å². The average Bonchev–Trinajstić information content (AvgIpc) is 3.34. The number of benzene rings is 2. The van der Waals surface area contributed by atoms with E-state index in [4.69, 9.17) is 11.6 Å². The topological polar surface area (TPSA) is 46.9 Å². The number of nitrogens with zero attached hydrogens (tertiary/aromatic N) is 2. The smallest absolute Gasteiger partial charge is 0.259 e. The summed E-state index contributed by atoms with van der Waals surface area (Å²) in [6.07, 6.45) is 1.68. The third-order valence-electron chi connectivity index (χ3n) is 3.91. The Morgan fingerprint density at radius 2 is 1.93 bits per heavy atom. The summed E-state index contributed by atoms with van der Waals surface area (Å²) >= 11 is 7.52. The van der Waals surface area contributed by atoms with E-state index in [9.17, 15) is 9.18 Å². The molecule has 7 heteroatoms. The molecule has 0 aliphatic carbocycles. The number of nitrogens with one attached hydrogen (secondary N) is 1. The third kappa shape index (κ3) is 3.63. The Hall–Kier alpha value is -2.96. The van der Waals surface area contributed by atoms with Crippen molar-refractivity contribution in [3.8, 4) is 16.3 Å². The molecule has 0 saturated carbocycles. The average molecular weight is 398 g/mol. The summed E-state index contributed by atoms with van der Waals surface area (Å²) in [5.41, 5.74) is 2.16. The lowest BCUT2D eigenvalue weighted by molar-refractivity contribution is 0.102. The van der Waals surface area contributed by atoms with Crippen LogP contribution in [-0.2, 0) is 0 Å². The van der Waals surface area contributed by atoms with E-state index >= 15 is 0 Å². The largest absolute Gasteiger partial charge is 0.321 e. The zero-order chi connectivity index (χ0) is 18.8. The molecule has 4 aromatic rings. The fraction of sp³-hybridized carbons (Fsp3) is 0. The maximum Gasteiger partial charge on any atom is 0.259 e. The van der Waals surface area contributed by atoms with Gasteiger partial charge in [-0.3, -0.25) is 4.79 Å². The third-order valence-corrected chi connectivity index (χ3v) is 5.10. The zero-order valence-corrected chi connectivity index (χ0v) is 15.5. The van der Waals surface area contributed by atoms with Crippen molar-refractivity contribution in [3.63, 3.8) is 0 Å². The highest BCUT2D eigenvalue weighted by Gasteiger charge is 2.20. The van der Waals surface area contributed by atoms with Crippen LogP contribution in [0, 0.1) is 5.82 Å². The van der Waals surface area contributed by atoms with E-state index in [-0.39, 0.29) is 10.9 Å². The molecule has 0 atom stereocenters. The van der Waals surface area contributed by atoms with Gasteiger partial charge in [-0.2, -0.15) is 5.10 Å².